The van der Waals surface area contributed by atoms with E-state index in [-0.39, 0.29) is 18.6 Å². The summed E-state index contributed by atoms with van der Waals surface area (Å²) in [6.07, 6.45) is 0.176. The van der Waals surface area contributed by atoms with E-state index in [1.165, 1.54) is 12.1 Å². The Morgan fingerprint density at radius 3 is 2.35 bits per heavy atom. The van der Waals surface area contributed by atoms with Gasteiger partial charge in [-0.05, 0) is 24.1 Å². The highest BCUT2D eigenvalue weighted by molar-refractivity contribution is 5.49. The van der Waals surface area contributed by atoms with Gasteiger partial charge in [0.05, 0.1) is 0 Å². The van der Waals surface area contributed by atoms with Crippen molar-refractivity contribution in [2.24, 2.45) is 0 Å². The Bertz CT molecular complexity index is 413. The van der Waals surface area contributed by atoms with Gasteiger partial charge < -0.3 is 14.6 Å². The molecule has 0 aliphatic carbocycles. The molecule has 0 radical (unpaired) electrons. The zero-order valence-corrected chi connectivity index (χ0v) is 9.50. The molecule has 0 saturated carbocycles. The number of fused-ring (bicyclic) bond motifs is 1. The minimum Gasteiger partial charge on any atom is -0.486 e. The number of halogens is 2. The quantitative estimate of drug-likeness (QED) is 0.885. The normalized spacial score (nSPS) is 14.8. The first-order valence-corrected chi connectivity index (χ1v) is 5.44. The van der Waals surface area contributed by atoms with Gasteiger partial charge in [-0.15, -0.1) is 0 Å². The molecule has 0 aromatic heterocycles. The van der Waals surface area contributed by atoms with Crippen molar-refractivity contribution in [2.75, 3.05) is 19.8 Å². The van der Waals surface area contributed by atoms with Crippen molar-refractivity contribution in [3.8, 4) is 11.5 Å². The summed E-state index contributed by atoms with van der Waals surface area (Å²) >= 11 is 0. The zero-order valence-electron chi connectivity index (χ0n) is 9.50. The molecule has 0 fully saturated rings. The van der Waals surface area contributed by atoms with E-state index >= 15 is 0 Å². The van der Waals surface area contributed by atoms with Gasteiger partial charge in [-0.25, -0.2) is 8.78 Å². The number of aliphatic hydroxyl groups is 1. The molecule has 17 heavy (non-hydrogen) atoms. The third-order valence-electron chi connectivity index (χ3n) is 2.62. The first-order chi connectivity index (χ1) is 8.02. The molecule has 94 valence electrons. The molecule has 1 N–H and O–H groups in total. The minimum atomic E-state index is -2.96. The smallest absolute Gasteiger partial charge is 0.270 e. The van der Waals surface area contributed by atoms with Crippen LogP contribution in [0.3, 0.4) is 0 Å². The Balaban J connectivity index is 2.48. The second-order valence-electron chi connectivity index (χ2n) is 4.01. The van der Waals surface area contributed by atoms with Crippen LogP contribution in [0.2, 0.25) is 0 Å². The number of hydrogen-bond donors (Lipinski definition) is 1. The lowest BCUT2D eigenvalue weighted by Gasteiger charge is -2.23. The van der Waals surface area contributed by atoms with Crippen molar-refractivity contribution in [1.29, 1.82) is 0 Å². The molecule has 5 heteroatoms. The second kappa shape index (κ2) is 4.49. The van der Waals surface area contributed by atoms with Crippen molar-refractivity contribution in [2.45, 2.75) is 19.3 Å². The minimum absolute atomic E-state index is 0.115. The van der Waals surface area contributed by atoms with Crippen LogP contribution in [0.4, 0.5) is 8.78 Å². The standard InChI is InChI=1S/C12H14F2O3/c1-12(13,14)9-7-11-10(16-4-5-17-11)6-8(9)2-3-15/h6-7,15H,2-5H2,1H3. The van der Waals surface area contributed by atoms with Crippen LogP contribution in [0, 0.1) is 0 Å². The van der Waals surface area contributed by atoms with Crippen LogP contribution < -0.4 is 9.47 Å². The maximum Gasteiger partial charge on any atom is 0.270 e. The van der Waals surface area contributed by atoms with Gasteiger partial charge in [0.1, 0.15) is 13.2 Å². The number of ether oxygens (including phenoxy) is 2. The Labute approximate surface area is 98.0 Å². The molecule has 1 aliphatic heterocycles. The zero-order chi connectivity index (χ0) is 12.5. The van der Waals surface area contributed by atoms with E-state index in [2.05, 4.69) is 0 Å². The van der Waals surface area contributed by atoms with Crippen LogP contribution in [0.5, 0.6) is 11.5 Å². The number of benzene rings is 1. The SMILES string of the molecule is CC(F)(F)c1cc2c(cc1CCO)OCCO2. The lowest BCUT2D eigenvalue weighted by atomic mass is 9.99. The highest BCUT2D eigenvalue weighted by Crippen LogP contribution is 2.39. The monoisotopic (exact) mass is 244 g/mol. The molecule has 1 aliphatic rings. The predicted octanol–water partition coefficient (Wildman–Crippen LogP) is 2.10. The third-order valence-corrected chi connectivity index (χ3v) is 2.62. The predicted molar refractivity (Wildman–Crippen MR) is 57.8 cm³/mol. The van der Waals surface area contributed by atoms with Crippen LogP contribution in [-0.4, -0.2) is 24.9 Å². The number of hydrogen-bond acceptors (Lipinski definition) is 3. The van der Waals surface area contributed by atoms with E-state index in [0.717, 1.165) is 6.92 Å². The lowest BCUT2D eigenvalue weighted by Crippen LogP contribution is -2.18. The summed E-state index contributed by atoms with van der Waals surface area (Å²) in [5.41, 5.74) is 0.278. The van der Waals surface area contributed by atoms with E-state index in [1.54, 1.807) is 0 Å². The first kappa shape index (κ1) is 12.1. The van der Waals surface area contributed by atoms with Gasteiger partial charge in [-0.2, -0.15) is 0 Å². The highest BCUT2D eigenvalue weighted by Gasteiger charge is 2.30. The molecule has 0 unspecified atom stereocenters. The third kappa shape index (κ3) is 2.49. The van der Waals surface area contributed by atoms with Crippen molar-refractivity contribution in [3.63, 3.8) is 0 Å². The van der Waals surface area contributed by atoms with E-state index in [4.69, 9.17) is 14.6 Å². The summed E-state index contributed by atoms with van der Waals surface area (Å²) in [5, 5.41) is 8.90. The molecule has 0 spiro atoms. The van der Waals surface area contributed by atoms with Gasteiger partial charge in [0, 0.05) is 19.1 Å². The van der Waals surface area contributed by atoms with Crippen LogP contribution >= 0.6 is 0 Å². The van der Waals surface area contributed by atoms with E-state index in [9.17, 15) is 8.78 Å². The van der Waals surface area contributed by atoms with E-state index in [1.807, 2.05) is 0 Å². The Morgan fingerprint density at radius 2 is 1.82 bits per heavy atom. The molecule has 2 rings (SSSR count). The fourth-order valence-electron chi connectivity index (χ4n) is 1.87. The summed E-state index contributed by atoms with van der Waals surface area (Å²) in [4.78, 5) is 0. The average Bonchev–Trinajstić information content (AvgIpc) is 2.27. The Kier molecular flexibility index (Phi) is 3.19. The molecule has 0 bridgehead atoms. The fraction of sp³-hybridized carbons (Fsp3) is 0.500. The molecule has 3 nitrogen and oxygen atoms in total. The summed E-state index contributed by atoms with van der Waals surface area (Å²) in [6, 6.07) is 2.83. The number of alkyl halides is 2. The van der Waals surface area contributed by atoms with Crippen molar-refractivity contribution >= 4 is 0 Å². The largest absolute Gasteiger partial charge is 0.486 e. The summed E-state index contributed by atoms with van der Waals surface area (Å²) in [5.74, 6) is -2.15. The molecule has 0 saturated heterocycles. The van der Waals surface area contributed by atoms with Gasteiger partial charge in [0.15, 0.2) is 11.5 Å². The van der Waals surface area contributed by atoms with Crippen LogP contribution in [-0.2, 0) is 12.3 Å². The highest BCUT2D eigenvalue weighted by atomic mass is 19.3. The molecule has 0 atom stereocenters. The Hall–Kier alpha value is -1.36. The Morgan fingerprint density at radius 1 is 1.24 bits per heavy atom. The van der Waals surface area contributed by atoms with Crippen molar-refractivity contribution in [3.05, 3.63) is 23.3 Å². The molecule has 0 amide bonds. The fourth-order valence-corrected chi connectivity index (χ4v) is 1.87. The number of rotatable bonds is 3. The molecular formula is C12H14F2O3. The summed E-state index contributed by atoms with van der Waals surface area (Å²) in [7, 11) is 0. The van der Waals surface area contributed by atoms with Gasteiger partial charge in [-0.1, -0.05) is 0 Å². The lowest BCUT2D eigenvalue weighted by molar-refractivity contribution is 0.0158. The van der Waals surface area contributed by atoms with Gasteiger partial charge in [0.25, 0.3) is 5.92 Å². The molecule has 1 aromatic carbocycles. The van der Waals surface area contributed by atoms with Gasteiger partial charge >= 0.3 is 0 Å². The maximum absolute atomic E-state index is 13.4. The average molecular weight is 244 g/mol. The van der Waals surface area contributed by atoms with E-state index < -0.39 is 5.92 Å². The maximum atomic E-state index is 13.4. The number of aliphatic hydroxyl groups excluding tert-OH is 1. The van der Waals surface area contributed by atoms with Gasteiger partial charge in [0.2, 0.25) is 0 Å². The summed E-state index contributed by atoms with van der Waals surface area (Å²) in [6.45, 7) is 1.43. The van der Waals surface area contributed by atoms with Crippen LogP contribution in [0.25, 0.3) is 0 Å². The van der Waals surface area contributed by atoms with Crippen LogP contribution in [0.15, 0.2) is 12.1 Å². The molecular weight excluding hydrogens is 230 g/mol. The summed E-state index contributed by atoms with van der Waals surface area (Å²) < 4.78 is 37.5. The molecule has 1 aromatic rings. The first-order valence-electron chi connectivity index (χ1n) is 5.44. The second-order valence-corrected chi connectivity index (χ2v) is 4.01. The van der Waals surface area contributed by atoms with Crippen molar-refractivity contribution < 1.29 is 23.4 Å². The topological polar surface area (TPSA) is 38.7 Å². The van der Waals surface area contributed by atoms with Crippen molar-refractivity contribution in [1.82, 2.24) is 0 Å². The van der Waals surface area contributed by atoms with E-state index in [0.29, 0.717) is 30.3 Å². The molecule has 1 heterocycles. The van der Waals surface area contributed by atoms with Gasteiger partial charge in [-0.3, -0.25) is 0 Å². The van der Waals surface area contributed by atoms with Crippen LogP contribution in [0.1, 0.15) is 18.1 Å².